The zero-order valence-electron chi connectivity index (χ0n) is 13.1. The largest absolute Gasteiger partial charge is 0.496 e. The molecule has 0 saturated heterocycles. The average Bonchev–Trinajstić information content (AvgIpc) is 2.55. The van der Waals surface area contributed by atoms with Crippen molar-refractivity contribution in [3.05, 3.63) is 47.5 Å². The van der Waals surface area contributed by atoms with Gasteiger partial charge in [-0.15, -0.1) is 0 Å². The highest BCUT2D eigenvalue weighted by Gasteiger charge is 2.15. The number of amides is 1. The molecular weight excluding hydrogens is 282 g/mol. The van der Waals surface area contributed by atoms with E-state index in [-0.39, 0.29) is 5.91 Å². The number of carbonyl (C=O) groups is 1. The van der Waals surface area contributed by atoms with Crippen molar-refractivity contribution in [3.8, 4) is 17.2 Å². The lowest BCUT2D eigenvalue weighted by atomic mass is 10.1. The molecule has 116 valence electrons. The van der Waals surface area contributed by atoms with Gasteiger partial charge < -0.3 is 19.5 Å². The highest BCUT2D eigenvalue weighted by Crippen LogP contribution is 2.33. The first-order valence-electron chi connectivity index (χ1n) is 6.77. The second kappa shape index (κ2) is 6.85. The van der Waals surface area contributed by atoms with E-state index in [1.807, 2.05) is 19.1 Å². The quantitative estimate of drug-likeness (QED) is 0.921. The van der Waals surface area contributed by atoms with Gasteiger partial charge in [-0.05, 0) is 30.7 Å². The number of methoxy groups -OCH3 is 3. The van der Waals surface area contributed by atoms with E-state index in [4.69, 9.17) is 14.2 Å². The molecule has 0 aliphatic rings. The van der Waals surface area contributed by atoms with Crippen LogP contribution in [0.15, 0.2) is 36.4 Å². The summed E-state index contributed by atoms with van der Waals surface area (Å²) in [5.74, 6) is 1.48. The van der Waals surface area contributed by atoms with E-state index in [1.165, 1.54) is 7.11 Å². The fraction of sp³-hybridized carbons (Fsp3) is 0.235. The van der Waals surface area contributed by atoms with Gasteiger partial charge in [-0.25, -0.2) is 0 Å². The fourth-order valence-electron chi connectivity index (χ4n) is 2.17. The first-order chi connectivity index (χ1) is 10.6. The second-order valence-electron chi connectivity index (χ2n) is 4.68. The van der Waals surface area contributed by atoms with Crippen LogP contribution in [0.1, 0.15) is 15.9 Å². The van der Waals surface area contributed by atoms with Crippen LogP contribution >= 0.6 is 0 Å². The number of carbonyl (C=O) groups excluding carboxylic acids is 1. The zero-order valence-corrected chi connectivity index (χ0v) is 13.1. The highest BCUT2D eigenvalue weighted by atomic mass is 16.5. The zero-order chi connectivity index (χ0) is 16.1. The van der Waals surface area contributed by atoms with Crippen molar-refractivity contribution in [1.29, 1.82) is 0 Å². The Morgan fingerprint density at radius 3 is 2.18 bits per heavy atom. The minimum atomic E-state index is -0.276. The van der Waals surface area contributed by atoms with Crippen molar-refractivity contribution < 1.29 is 19.0 Å². The molecule has 0 fully saturated rings. The lowest BCUT2D eigenvalue weighted by Crippen LogP contribution is -2.14. The Morgan fingerprint density at radius 2 is 1.55 bits per heavy atom. The summed E-state index contributed by atoms with van der Waals surface area (Å²) in [6.45, 7) is 1.91. The number of benzene rings is 2. The summed E-state index contributed by atoms with van der Waals surface area (Å²) < 4.78 is 15.8. The lowest BCUT2D eigenvalue weighted by Gasteiger charge is -2.14. The van der Waals surface area contributed by atoms with E-state index in [0.717, 1.165) is 5.56 Å². The molecule has 2 aromatic carbocycles. The van der Waals surface area contributed by atoms with Gasteiger partial charge in [-0.2, -0.15) is 0 Å². The van der Waals surface area contributed by atoms with Crippen LogP contribution in [0.4, 0.5) is 5.69 Å². The summed E-state index contributed by atoms with van der Waals surface area (Å²) in [5, 5.41) is 2.83. The van der Waals surface area contributed by atoms with Crippen molar-refractivity contribution in [2.75, 3.05) is 26.6 Å². The molecule has 0 aliphatic heterocycles. The number of ether oxygens (including phenoxy) is 3. The van der Waals surface area contributed by atoms with Crippen LogP contribution in [0.5, 0.6) is 17.2 Å². The smallest absolute Gasteiger partial charge is 0.259 e. The van der Waals surface area contributed by atoms with Gasteiger partial charge in [0.15, 0.2) is 0 Å². The molecule has 0 heterocycles. The Morgan fingerprint density at radius 1 is 0.909 bits per heavy atom. The molecule has 1 N–H and O–H groups in total. The number of anilines is 1. The third-order valence-electron chi connectivity index (χ3n) is 3.32. The predicted octanol–water partition coefficient (Wildman–Crippen LogP) is 3.27. The van der Waals surface area contributed by atoms with E-state index in [1.54, 1.807) is 38.5 Å². The van der Waals surface area contributed by atoms with Crippen LogP contribution in [-0.4, -0.2) is 27.2 Å². The Balaban J connectivity index is 2.35. The highest BCUT2D eigenvalue weighted by molar-refractivity contribution is 6.07. The SMILES string of the molecule is COc1cc(NC(=O)c2ccccc2OC)c(OC)cc1C. The molecule has 2 aromatic rings. The molecule has 5 heteroatoms. The van der Waals surface area contributed by atoms with Gasteiger partial charge in [-0.3, -0.25) is 4.79 Å². The van der Waals surface area contributed by atoms with Crippen molar-refractivity contribution in [2.24, 2.45) is 0 Å². The summed E-state index contributed by atoms with van der Waals surface area (Å²) in [4.78, 5) is 12.5. The molecule has 22 heavy (non-hydrogen) atoms. The molecule has 0 aromatic heterocycles. The Bertz CT molecular complexity index is 682. The molecule has 0 unspecified atom stereocenters. The maximum Gasteiger partial charge on any atom is 0.259 e. The minimum Gasteiger partial charge on any atom is -0.496 e. The van der Waals surface area contributed by atoms with Gasteiger partial charge in [0, 0.05) is 6.07 Å². The van der Waals surface area contributed by atoms with Crippen LogP contribution in [0.2, 0.25) is 0 Å². The molecule has 0 saturated carbocycles. The molecule has 0 atom stereocenters. The molecule has 0 bridgehead atoms. The first-order valence-corrected chi connectivity index (χ1v) is 6.77. The summed E-state index contributed by atoms with van der Waals surface area (Å²) in [6, 6.07) is 10.6. The van der Waals surface area contributed by atoms with Gasteiger partial charge in [0.2, 0.25) is 0 Å². The number of aryl methyl sites for hydroxylation is 1. The number of hydrogen-bond donors (Lipinski definition) is 1. The van der Waals surface area contributed by atoms with Gasteiger partial charge in [0.1, 0.15) is 17.2 Å². The summed E-state index contributed by atoms with van der Waals surface area (Å²) >= 11 is 0. The number of hydrogen-bond acceptors (Lipinski definition) is 4. The van der Waals surface area contributed by atoms with Crippen molar-refractivity contribution in [3.63, 3.8) is 0 Å². The van der Waals surface area contributed by atoms with E-state index >= 15 is 0 Å². The molecule has 0 aliphatic carbocycles. The molecule has 0 radical (unpaired) electrons. The van der Waals surface area contributed by atoms with Crippen molar-refractivity contribution in [1.82, 2.24) is 0 Å². The Kier molecular flexibility index (Phi) is 4.88. The maximum absolute atomic E-state index is 12.5. The van der Waals surface area contributed by atoms with Crippen LogP contribution in [-0.2, 0) is 0 Å². The standard InChI is InChI=1S/C17H19NO4/c1-11-9-16(22-4)13(10-15(11)21-3)18-17(19)12-7-5-6-8-14(12)20-2/h5-10H,1-4H3,(H,18,19). The number of rotatable bonds is 5. The summed E-state index contributed by atoms with van der Waals surface area (Å²) in [6.07, 6.45) is 0. The molecule has 2 rings (SSSR count). The molecule has 5 nitrogen and oxygen atoms in total. The van der Waals surface area contributed by atoms with Crippen molar-refractivity contribution in [2.45, 2.75) is 6.92 Å². The lowest BCUT2D eigenvalue weighted by molar-refractivity contribution is 0.102. The van der Waals surface area contributed by atoms with Gasteiger partial charge >= 0.3 is 0 Å². The van der Waals surface area contributed by atoms with E-state index in [0.29, 0.717) is 28.5 Å². The first kappa shape index (κ1) is 15.7. The van der Waals surface area contributed by atoms with Gasteiger partial charge in [0.05, 0.1) is 32.6 Å². The maximum atomic E-state index is 12.5. The minimum absolute atomic E-state index is 0.276. The third kappa shape index (κ3) is 3.14. The fourth-order valence-corrected chi connectivity index (χ4v) is 2.17. The van der Waals surface area contributed by atoms with Crippen LogP contribution in [0, 0.1) is 6.92 Å². The average molecular weight is 301 g/mol. The van der Waals surface area contributed by atoms with Gasteiger partial charge in [-0.1, -0.05) is 12.1 Å². The van der Waals surface area contributed by atoms with E-state index in [2.05, 4.69) is 5.32 Å². The number of para-hydroxylation sites is 1. The molecule has 0 spiro atoms. The Labute approximate surface area is 129 Å². The van der Waals surface area contributed by atoms with Crippen LogP contribution < -0.4 is 19.5 Å². The van der Waals surface area contributed by atoms with Gasteiger partial charge in [0.25, 0.3) is 5.91 Å². The summed E-state index contributed by atoms with van der Waals surface area (Å²) in [7, 11) is 4.67. The Hall–Kier alpha value is -2.69. The summed E-state index contributed by atoms with van der Waals surface area (Å²) in [5.41, 5.74) is 1.92. The molecular formula is C17H19NO4. The molecule has 1 amide bonds. The van der Waals surface area contributed by atoms with Crippen LogP contribution in [0.25, 0.3) is 0 Å². The third-order valence-corrected chi connectivity index (χ3v) is 3.32. The number of nitrogens with one attached hydrogen (secondary N) is 1. The van der Waals surface area contributed by atoms with Crippen molar-refractivity contribution >= 4 is 11.6 Å². The normalized spacial score (nSPS) is 10.0. The second-order valence-corrected chi connectivity index (χ2v) is 4.68. The van der Waals surface area contributed by atoms with E-state index in [9.17, 15) is 4.79 Å². The predicted molar refractivity (Wildman–Crippen MR) is 85.2 cm³/mol. The monoisotopic (exact) mass is 301 g/mol. The van der Waals surface area contributed by atoms with E-state index < -0.39 is 0 Å². The topological polar surface area (TPSA) is 56.8 Å². The van der Waals surface area contributed by atoms with Crippen LogP contribution in [0.3, 0.4) is 0 Å².